The lowest BCUT2D eigenvalue weighted by Gasteiger charge is -2.26. The first kappa shape index (κ1) is 15.5. The van der Waals surface area contributed by atoms with Gasteiger partial charge >= 0.3 is 0 Å². The monoisotopic (exact) mass is 277 g/mol. The average molecular weight is 277 g/mol. The summed E-state index contributed by atoms with van der Waals surface area (Å²) in [5.41, 5.74) is 1.24. The molecule has 1 heterocycles. The molecule has 0 bridgehead atoms. The Morgan fingerprint density at radius 3 is 2.85 bits per heavy atom. The molecule has 1 aromatic carbocycles. The molecular formula is C17H27NO2. The van der Waals surface area contributed by atoms with E-state index in [9.17, 15) is 0 Å². The number of nitrogens with one attached hydrogen (secondary N) is 1. The van der Waals surface area contributed by atoms with E-state index in [1.54, 1.807) is 0 Å². The lowest BCUT2D eigenvalue weighted by molar-refractivity contribution is -0.0633. The molecule has 0 radical (unpaired) electrons. The molecule has 2 rings (SSSR count). The first-order valence-corrected chi connectivity index (χ1v) is 7.89. The van der Waals surface area contributed by atoms with Crippen LogP contribution in [-0.2, 0) is 9.47 Å². The normalized spacial score (nSPS) is 20.8. The van der Waals surface area contributed by atoms with Crippen molar-refractivity contribution in [1.29, 1.82) is 0 Å². The smallest absolute Gasteiger partial charge is 0.0950 e. The van der Waals surface area contributed by atoms with Crippen molar-refractivity contribution in [3.05, 3.63) is 35.9 Å². The molecule has 0 aromatic heterocycles. The standard InChI is InChI=1S/C17H27NO2/c1-2-11-18-13-17(15-8-4-3-5-9-15)20-14-16-10-6-7-12-19-16/h3-5,8-9,16-18H,2,6-7,10-14H2,1H3. The quantitative estimate of drug-likeness (QED) is 0.739. The highest BCUT2D eigenvalue weighted by Gasteiger charge is 2.18. The van der Waals surface area contributed by atoms with E-state index < -0.39 is 0 Å². The van der Waals surface area contributed by atoms with E-state index in [2.05, 4.69) is 36.5 Å². The molecule has 0 spiro atoms. The van der Waals surface area contributed by atoms with Gasteiger partial charge < -0.3 is 14.8 Å². The van der Waals surface area contributed by atoms with Gasteiger partial charge in [0, 0.05) is 13.2 Å². The van der Waals surface area contributed by atoms with E-state index in [0.29, 0.717) is 6.61 Å². The summed E-state index contributed by atoms with van der Waals surface area (Å²) in [5.74, 6) is 0. The predicted molar refractivity (Wildman–Crippen MR) is 81.9 cm³/mol. The lowest BCUT2D eigenvalue weighted by Crippen LogP contribution is -2.29. The second-order valence-electron chi connectivity index (χ2n) is 5.43. The molecule has 2 atom stereocenters. The molecule has 3 heteroatoms. The first-order chi connectivity index (χ1) is 9.90. The second-order valence-corrected chi connectivity index (χ2v) is 5.43. The average Bonchev–Trinajstić information content (AvgIpc) is 2.52. The first-order valence-electron chi connectivity index (χ1n) is 7.89. The highest BCUT2D eigenvalue weighted by Crippen LogP contribution is 2.19. The molecule has 1 aromatic rings. The van der Waals surface area contributed by atoms with Crippen LogP contribution < -0.4 is 5.32 Å². The maximum Gasteiger partial charge on any atom is 0.0950 e. The molecule has 1 saturated heterocycles. The van der Waals surface area contributed by atoms with Gasteiger partial charge in [-0.25, -0.2) is 0 Å². The van der Waals surface area contributed by atoms with Crippen molar-refractivity contribution in [3.8, 4) is 0 Å². The lowest BCUT2D eigenvalue weighted by atomic mass is 10.1. The van der Waals surface area contributed by atoms with Crippen LogP contribution in [0.25, 0.3) is 0 Å². The minimum absolute atomic E-state index is 0.119. The SMILES string of the molecule is CCCNCC(OCC1CCCCO1)c1ccccc1. The highest BCUT2D eigenvalue weighted by atomic mass is 16.5. The Morgan fingerprint density at radius 1 is 1.30 bits per heavy atom. The zero-order valence-electron chi connectivity index (χ0n) is 12.5. The van der Waals surface area contributed by atoms with Crippen LogP contribution in [-0.4, -0.2) is 32.4 Å². The summed E-state index contributed by atoms with van der Waals surface area (Å²) in [4.78, 5) is 0. The third-order valence-electron chi connectivity index (χ3n) is 3.69. The van der Waals surface area contributed by atoms with Gasteiger partial charge in [-0.1, -0.05) is 37.3 Å². The highest BCUT2D eigenvalue weighted by molar-refractivity contribution is 5.17. The minimum atomic E-state index is 0.119. The molecule has 1 fully saturated rings. The Balaban J connectivity index is 1.84. The summed E-state index contributed by atoms with van der Waals surface area (Å²) in [6.45, 7) is 5.67. The van der Waals surface area contributed by atoms with Gasteiger partial charge in [-0.3, -0.25) is 0 Å². The number of ether oxygens (including phenoxy) is 2. The van der Waals surface area contributed by atoms with Crippen molar-refractivity contribution in [2.45, 2.75) is 44.8 Å². The van der Waals surface area contributed by atoms with Crippen LogP contribution in [0.5, 0.6) is 0 Å². The van der Waals surface area contributed by atoms with Crippen molar-refractivity contribution in [1.82, 2.24) is 5.32 Å². The van der Waals surface area contributed by atoms with E-state index in [1.165, 1.54) is 18.4 Å². The fourth-order valence-electron chi connectivity index (χ4n) is 2.51. The van der Waals surface area contributed by atoms with E-state index in [0.717, 1.165) is 32.5 Å². The van der Waals surface area contributed by atoms with E-state index >= 15 is 0 Å². The Morgan fingerprint density at radius 2 is 2.15 bits per heavy atom. The topological polar surface area (TPSA) is 30.5 Å². The summed E-state index contributed by atoms with van der Waals surface area (Å²) in [5, 5.41) is 3.46. The summed E-state index contributed by atoms with van der Waals surface area (Å²) in [7, 11) is 0. The minimum Gasteiger partial charge on any atom is -0.376 e. The van der Waals surface area contributed by atoms with Gasteiger partial charge in [-0.2, -0.15) is 0 Å². The Bertz CT molecular complexity index is 349. The van der Waals surface area contributed by atoms with Crippen LogP contribution in [0, 0.1) is 0 Å². The Kier molecular flexibility index (Phi) is 7.06. The van der Waals surface area contributed by atoms with Crippen molar-refractivity contribution in [3.63, 3.8) is 0 Å². The number of benzene rings is 1. The molecule has 1 aliphatic rings. The van der Waals surface area contributed by atoms with Gasteiger partial charge in [0.15, 0.2) is 0 Å². The van der Waals surface area contributed by atoms with Crippen LogP contribution in [0.2, 0.25) is 0 Å². The largest absolute Gasteiger partial charge is 0.376 e. The third-order valence-corrected chi connectivity index (χ3v) is 3.69. The van der Waals surface area contributed by atoms with Gasteiger partial charge in [0.25, 0.3) is 0 Å². The number of hydrogen-bond donors (Lipinski definition) is 1. The van der Waals surface area contributed by atoms with Gasteiger partial charge in [0.1, 0.15) is 0 Å². The van der Waals surface area contributed by atoms with Crippen LogP contribution in [0.3, 0.4) is 0 Å². The summed E-state index contributed by atoms with van der Waals surface area (Å²) < 4.78 is 11.9. The molecule has 112 valence electrons. The van der Waals surface area contributed by atoms with Gasteiger partial charge in [-0.05, 0) is 37.8 Å². The summed E-state index contributed by atoms with van der Waals surface area (Å²) >= 11 is 0. The number of rotatable bonds is 8. The van der Waals surface area contributed by atoms with E-state index in [1.807, 2.05) is 6.07 Å². The van der Waals surface area contributed by atoms with Crippen LogP contribution in [0.4, 0.5) is 0 Å². The zero-order valence-corrected chi connectivity index (χ0v) is 12.5. The molecule has 1 aliphatic heterocycles. The van der Waals surface area contributed by atoms with Crippen LogP contribution in [0.15, 0.2) is 30.3 Å². The van der Waals surface area contributed by atoms with Crippen molar-refractivity contribution < 1.29 is 9.47 Å². The predicted octanol–water partition coefficient (Wildman–Crippen LogP) is 3.31. The maximum absolute atomic E-state index is 6.13. The van der Waals surface area contributed by atoms with Gasteiger partial charge in [0.2, 0.25) is 0 Å². The second kappa shape index (κ2) is 9.11. The molecular weight excluding hydrogens is 250 g/mol. The van der Waals surface area contributed by atoms with Crippen LogP contribution in [0.1, 0.15) is 44.3 Å². The molecule has 20 heavy (non-hydrogen) atoms. The van der Waals surface area contributed by atoms with E-state index in [-0.39, 0.29) is 12.2 Å². The molecule has 1 N–H and O–H groups in total. The zero-order chi connectivity index (χ0) is 14.0. The fourth-order valence-corrected chi connectivity index (χ4v) is 2.51. The van der Waals surface area contributed by atoms with Crippen LogP contribution >= 0.6 is 0 Å². The summed E-state index contributed by atoms with van der Waals surface area (Å²) in [6, 6.07) is 10.5. The Hall–Kier alpha value is -0.900. The Labute approximate surface area is 122 Å². The van der Waals surface area contributed by atoms with Crippen molar-refractivity contribution in [2.75, 3.05) is 26.3 Å². The fraction of sp³-hybridized carbons (Fsp3) is 0.647. The molecule has 0 amide bonds. The van der Waals surface area contributed by atoms with E-state index in [4.69, 9.17) is 9.47 Å². The maximum atomic E-state index is 6.13. The summed E-state index contributed by atoms with van der Waals surface area (Å²) in [6.07, 6.45) is 5.13. The third kappa shape index (κ3) is 5.23. The molecule has 2 unspecified atom stereocenters. The van der Waals surface area contributed by atoms with Gasteiger partial charge in [-0.15, -0.1) is 0 Å². The molecule has 3 nitrogen and oxygen atoms in total. The molecule has 0 saturated carbocycles. The van der Waals surface area contributed by atoms with Crippen molar-refractivity contribution in [2.24, 2.45) is 0 Å². The molecule has 0 aliphatic carbocycles. The van der Waals surface area contributed by atoms with Gasteiger partial charge in [0.05, 0.1) is 18.8 Å². The number of hydrogen-bond acceptors (Lipinski definition) is 3. The van der Waals surface area contributed by atoms with Crippen molar-refractivity contribution >= 4 is 0 Å².